The largest absolute Gasteiger partial charge is 0.309 e. The smallest absolute Gasteiger partial charge is 0.0544 e. The van der Waals surface area contributed by atoms with Crippen molar-refractivity contribution in [2.75, 3.05) is 0 Å². The second kappa shape index (κ2) is 18.4. The zero-order chi connectivity index (χ0) is 56.7. The first-order chi connectivity index (χ1) is 38.4. The second-order valence-corrected chi connectivity index (χ2v) is 27.9. The van der Waals surface area contributed by atoms with E-state index >= 15 is 0 Å². The highest BCUT2D eigenvalue weighted by Crippen LogP contribution is 2.57. The zero-order valence-corrected chi connectivity index (χ0v) is 50.0. The molecule has 1 aliphatic rings. The molecule has 10 aromatic carbocycles. The lowest BCUT2D eigenvalue weighted by molar-refractivity contribution is 0.590. The maximum absolute atomic E-state index is 2.56. The van der Waals surface area contributed by atoms with Crippen LogP contribution in [0.5, 0.6) is 0 Å². The summed E-state index contributed by atoms with van der Waals surface area (Å²) in [6.45, 7) is 32.4. The molecule has 0 unspecified atom stereocenters. The fourth-order valence-corrected chi connectivity index (χ4v) is 13.1. The van der Waals surface area contributed by atoms with Gasteiger partial charge < -0.3 is 9.13 Å². The third kappa shape index (κ3) is 8.76. The summed E-state index contributed by atoms with van der Waals surface area (Å²) in [6.07, 6.45) is 0. The minimum Gasteiger partial charge on any atom is -0.309 e. The molecule has 0 atom stereocenters. The standard InChI is InChI=1S/C79H76N2/c1-75(2,3)57-33-23-49(24-34-57)53-31-41-67-55(43-53)45-69(51-27-37-59(38-28-51)77(7,8)9)80(67)71-47-65-73(63-21-17-15-19-61(63)71)74-64-22-18-16-20-62(64)72(48-66(74)79(65,13)14)81-68-42-32-54(50-25-35-58(36-26-50)76(4,5)6)44-56(68)46-70(81)52-29-39-60(40-30-52)78(10,11)12/h15-48H,1-14H3. The van der Waals surface area contributed by atoms with Crippen LogP contribution >= 0.6 is 0 Å². The van der Waals surface area contributed by atoms with Crippen molar-refractivity contribution in [2.24, 2.45) is 0 Å². The molecule has 0 saturated carbocycles. The van der Waals surface area contributed by atoms with Crippen LogP contribution in [0.15, 0.2) is 206 Å². The van der Waals surface area contributed by atoms with E-state index < -0.39 is 0 Å². The molecule has 2 heterocycles. The van der Waals surface area contributed by atoms with Crippen molar-refractivity contribution in [2.45, 2.75) is 124 Å². The molecule has 0 fully saturated rings. The molecule has 81 heavy (non-hydrogen) atoms. The fraction of sp³-hybridized carbons (Fsp3) is 0.241. The van der Waals surface area contributed by atoms with Crippen molar-refractivity contribution in [3.8, 4) is 67.3 Å². The second-order valence-electron chi connectivity index (χ2n) is 27.9. The van der Waals surface area contributed by atoms with Gasteiger partial charge >= 0.3 is 0 Å². The van der Waals surface area contributed by atoms with E-state index in [4.69, 9.17) is 0 Å². The van der Waals surface area contributed by atoms with E-state index in [0.29, 0.717) is 0 Å². The molecule has 1 aliphatic carbocycles. The van der Waals surface area contributed by atoms with Crippen LogP contribution in [0.1, 0.15) is 130 Å². The summed E-state index contributed by atoms with van der Waals surface area (Å²) in [5.41, 5.74) is 25.1. The number of hydrogen-bond acceptors (Lipinski definition) is 0. The van der Waals surface area contributed by atoms with Crippen LogP contribution in [0, 0.1) is 0 Å². The lowest BCUT2D eigenvalue weighted by atomic mass is 9.81. The monoisotopic (exact) mass is 1050 g/mol. The molecule has 0 N–H and O–H groups in total. The van der Waals surface area contributed by atoms with Gasteiger partial charge in [0.2, 0.25) is 0 Å². The van der Waals surface area contributed by atoms with Crippen molar-refractivity contribution in [1.82, 2.24) is 9.13 Å². The molecule has 0 radical (unpaired) electrons. The number of rotatable bonds is 6. The van der Waals surface area contributed by atoms with Crippen molar-refractivity contribution in [3.05, 3.63) is 240 Å². The van der Waals surface area contributed by atoms with Gasteiger partial charge in [-0.3, -0.25) is 0 Å². The maximum atomic E-state index is 2.56. The minimum absolute atomic E-state index is 0.0418. The van der Waals surface area contributed by atoms with E-state index in [1.54, 1.807) is 0 Å². The molecule has 13 rings (SSSR count). The number of nitrogens with zero attached hydrogens (tertiary/aromatic N) is 2. The summed E-state index contributed by atoms with van der Waals surface area (Å²) >= 11 is 0. The highest BCUT2D eigenvalue weighted by Gasteiger charge is 2.40. The summed E-state index contributed by atoms with van der Waals surface area (Å²) in [5.74, 6) is 0. The third-order valence-corrected chi connectivity index (χ3v) is 18.0. The zero-order valence-electron chi connectivity index (χ0n) is 50.0. The normalized spacial score (nSPS) is 13.7. The van der Waals surface area contributed by atoms with E-state index in [1.807, 2.05) is 0 Å². The Balaban J connectivity index is 1.03. The lowest BCUT2D eigenvalue weighted by Gasteiger charge is -2.25. The van der Waals surface area contributed by atoms with Gasteiger partial charge in [0.05, 0.1) is 33.8 Å². The Hall–Kier alpha value is -8.20. The molecule has 2 nitrogen and oxygen atoms in total. The van der Waals surface area contributed by atoms with Gasteiger partial charge in [-0.25, -0.2) is 0 Å². The Bertz CT molecular complexity index is 4160. The van der Waals surface area contributed by atoms with Crippen molar-refractivity contribution in [3.63, 3.8) is 0 Å². The average molecular weight is 1050 g/mol. The lowest BCUT2D eigenvalue weighted by Crippen LogP contribution is -2.16. The quantitative estimate of drug-likeness (QED) is 0.157. The van der Waals surface area contributed by atoms with Gasteiger partial charge in [0.15, 0.2) is 0 Å². The van der Waals surface area contributed by atoms with Crippen LogP contribution in [-0.2, 0) is 27.1 Å². The highest BCUT2D eigenvalue weighted by molar-refractivity contribution is 6.15. The van der Waals surface area contributed by atoms with Crippen LogP contribution in [0.3, 0.4) is 0 Å². The van der Waals surface area contributed by atoms with Gasteiger partial charge in [-0.2, -0.15) is 0 Å². The Labute approximate surface area is 480 Å². The van der Waals surface area contributed by atoms with Crippen LogP contribution in [0.25, 0.3) is 111 Å². The van der Waals surface area contributed by atoms with Crippen LogP contribution < -0.4 is 0 Å². The number of fused-ring (bicyclic) bond motifs is 9. The molecular weight excluding hydrogens is 977 g/mol. The first kappa shape index (κ1) is 52.2. The molecule has 0 saturated heterocycles. The third-order valence-electron chi connectivity index (χ3n) is 18.0. The van der Waals surface area contributed by atoms with Crippen LogP contribution in [-0.4, -0.2) is 9.13 Å². The predicted octanol–water partition coefficient (Wildman–Crippen LogP) is 22.0. The Morgan fingerprint density at radius 3 is 0.877 bits per heavy atom. The molecule has 0 aliphatic heterocycles. The maximum Gasteiger partial charge on any atom is 0.0544 e. The number of benzene rings is 10. The van der Waals surface area contributed by atoms with Gasteiger partial charge in [-0.1, -0.05) is 255 Å². The Morgan fingerprint density at radius 1 is 0.284 bits per heavy atom. The molecule has 402 valence electrons. The molecule has 2 heteroatoms. The van der Waals surface area contributed by atoms with Crippen LogP contribution in [0.4, 0.5) is 0 Å². The van der Waals surface area contributed by atoms with Crippen molar-refractivity contribution < 1.29 is 0 Å². The van der Waals surface area contributed by atoms with E-state index in [-0.39, 0.29) is 27.1 Å². The summed E-state index contributed by atoms with van der Waals surface area (Å²) in [7, 11) is 0. The van der Waals surface area contributed by atoms with Gasteiger partial charge in [0, 0.05) is 27.0 Å². The summed E-state index contributed by atoms with van der Waals surface area (Å²) in [5, 5.41) is 7.46. The van der Waals surface area contributed by atoms with E-state index in [0.717, 1.165) is 0 Å². The number of hydrogen-bond donors (Lipinski definition) is 0. The molecule has 0 amide bonds. The summed E-state index contributed by atoms with van der Waals surface area (Å²) in [6, 6.07) is 79.5. The van der Waals surface area contributed by atoms with Crippen LogP contribution in [0.2, 0.25) is 0 Å². The average Bonchev–Trinajstić information content (AvgIpc) is 4.30. The molecule has 0 bridgehead atoms. The molecular formula is C79H76N2. The molecule has 0 spiro atoms. The number of aromatic nitrogens is 2. The van der Waals surface area contributed by atoms with E-state index in [1.165, 1.54) is 144 Å². The summed E-state index contributed by atoms with van der Waals surface area (Å²) in [4.78, 5) is 0. The van der Waals surface area contributed by atoms with E-state index in [2.05, 4.69) is 312 Å². The first-order valence-corrected chi connectivity index (χ1v) is 29.3. The first-order valence-electron chi connectivity index (χ1n) is 29.3. The molecule has 12 aromatic rings. The predicted molar refractivity (Wildman–Crippen MR) is 349 cm³/mol. The molecule has 2 aromatic heterocycles. The van der Waals surface area contributed by atoms with Crippen molar-refractivity contribution >= 4 is 43.4 Å². The SMILES string of the molecule is CC(C)(C)c1ccc(-c2ccc3c(c2)cc(-c2ccc(C(C)(C)C)cc2)n3-c2cc3c(c4ccccc24)-c2c(cc(-n4c(-c5ccc(C(C)(C)C)cc5)cc5cc(-c6ccc(C(C)(C)C)cc6)ccc54)c4ccccc24)C3(C)C)cc1. The van der Waals surface area contributed by atoms with E-state index in [9.17, 15) is 0 Å². The van der Waals surface area contributed by atoms with Crippen molar-refractivity contribution in [1.29, 1.82) is 0 Å². The Kier molecular flexibility index (Phi) is 11.9. The minimum atomic E-state index is -0.365. The van der Waals surface area contributed by atoms with Gasteiger partial charge in [0.1, 0.15) is 0 Å². The fourth-order valence-electron chi connectivity index (χ4n) is 13.1. The summed E-state index contributed by atoms with van der Waals surface area (Å²) < 4.78 is 5.13. The van der Waals surface area contributed by atoms with Gasteiger partial charge in [-0.15, -0.1) is 0 Å². The van der Waals surface area contributed by atoms with Gasteiger partial charge in [0.25, 0.3) is 0 Å². The van der Waals surface area contributed by atoms with Gasteiger partial charge in [-0.05, 0) is 159 Å². The highest BCUT2D eigenvalue weighted by atomic mass is 15.0. The topological polar surface area (TPSA) is 9.86 Å². The Morgan fingerprint density at radius 2 is 0.568 bits per heavy atom.